The van der Waals surface area contributed by atoms with Crippen molar-refractivity contribution in [3.05, 3.63) is 16.5 Å². The normalized spacial score (nSPS) is 23.4. The Bertz CT molecular complexity index is 359. The van der Waals surface area contributed by atoms with E-state index in [9.17, 15) is 0 Å². The summed E-state index contributed by atoms with van der Waals surface area (Å²) >= 11 is 7.45. The summed E-state index contributed by atoms with van der Waals surface area (Å²) in [6, 6.07) is 1.90. The number of hydrogen-bond acceptors (Lipinski definition) is 3. The molecule has 0 radical (unpaired) electrons. The van der Waals surface area contributed by atoms with Crippen molar-refractivity contribution < 1.29 is 9.31 Å². The fourth-order valence-electron chi connectivity index (χ4n) is 1.41. The van der Waals surface area contributed by atoms with Gasteiger partial charge in [-0.2, -0.15) is 11.3 Å². The summed E-state index contributed by atoms with van der Waals surface area (Å²) < 4.78 is 12.8. The quantitative estimate of drug-likeness (QED) is 0.707. The molecule has 15 heavy (non-hydrogen) atoms. The van der Waals surface area contributed by atoms with Crippen molar-refractivity contribution in [1.29, 1.82) is 0 Å². The molecule has 1 aliphatic rings. The first-order valence-electron chi connectivity index (χ1n) is 4.91. The minimum atomic E-state index is -0.285. The second kappa shape index (κ2) is 3.49. The van der Waals surface area contributed by atoms with Crippen LogP contribution in [-0.2, 0) is 9.31 Å². The van der Waals surface area contributed by atoms with E-state index >= 15 is 0 Å². The van der Waals surface area contributed by atoms with Crippen LogP contribution in [0.3, 0.4) is 0 Å². The molecule has 2 heterocycles. The minimum Gasteiger partial charge on any atom is -0.399 e. The Kier molecular flexibility index (Phi) is 2.66. The van der Waals surface area contributed by atoms with E-state index in [2.05, 4.69) is 0 Å². The molecule has 0 atom stereocenters. The van der Waals surface area contributed by atoms with E-state index < -0.39 is 0 Å². The molecule has 0 aliphatic carbocycles. The van der Waals surface area contributed by atoms with E-state index in [1.54, 1.807) is 11.3 Å². The monoisotopic (exact) mass is 244 g/mol. The highest BCUT2D eigenvalue weighted by molar-refractivity contribution is 7.21. The van der Waals surface area contributed by atoms with Crippen LogP contribution in [-0.4, -0.2) is 18.3 Å². The van der Waals surface area contributed by atoms with Crippen molar-refractivity contribution in [3.8, 4) is 0 Å². The van der Waals surface area contributed by atoms with E-state index in [0.29, 0.717) is 0 Å². The van der Waals surface area contributed by atoms with Gasteiger partial charge in [0.2, 0.25) is 0 Å². The van der Waals surface area contributed by atoms with Crippen LogP contribution < -0.4 is 4.78 Å². The zero-order valence-electron chi connectivity index (χ0n) is 9.33. The van der Waals surface area contributed by atoms with Crippen molar-refractivity contribution in [2.45, 2.75) is 38.9 Å². The Hall–Kier alpha value is -0.0251. The molecule has 0 bridgehead atoms. The van der Waals surface area contributed by atoms with Crippen LogP contribution in [0.5, 0.6) is 0 Å². The first-order valence-corrected chi connectivity index (χ1v) is 6.17. The molecule has 82 valence electrons. The Morgan fingerprint density at radius 3 is 2.13 bits per heavy atom. The van der Waals surface area contributed by atoms with Crippen molar-refractivity contribution in [2.75, 3.05) is 0 Å². The van der Waals surface area contributed by atoms with Crippen molar-refractivity contribution in [1.82, 2.24) is 0 Å². The van der Waals surface area contributed by atoms with Crippen LogP contribution in [0.4, 0.5) is 0 Å². The van der Waals surface area contributed by atoms with Crippen LogP contribution in [0, 0.1) is 0 Å². The van der Waals surface area contributed by atoms with Gasteiger partial charge in [-0.3, -0.25) is 0 Å². The molecule has 0 unspecified atom stereocenters. The van der Waals surface area contributed by atoms with E-state index in [1.165, 1.54) is 0 Å². The molecule has 5 heteroatoms. The highest BCUT2D eigenvalue weighted by Crippen LogP contribution is 2.37. The summed E-state index contributed by atoms with van der Waals surface area (Å²) in [6.07, 6.45) is 0. The van der Waals surface area contributed by atoms with E-state index in [1.807, 2.05) is 39.1 Å². The lowest BCUT2D eigenvalue weighted by Crippen LogP contribution is -2.41. The summed E-state index contributed by atoms with van der Waals surface area (Å²) in [7, 11) is -0.285. The SMILES string of the molecule is CC1(C)OB(c2cc(Cl)cs2)OC1(C)C. The number of hydrogen-bond donors (Lipinski definition) is 0. The van der Waals surface area contributed by atoms with Gasteiger partial charge in [-0.15, -0.1) is 0 Å². The van der Waals surface area contributed by atoms with Gasteiger partial charge in [-0.25, -0.2) is 0 Å². The maximum Gasteiger partial charge on any atom is 0.505 e. The maximum absolute atomic E-state index is 5.89. The smallest absolute Gasteiger partial charge is 0.399 e. The molecular formula is C10H14BClO2S. The summed E-state index contributed by atoms with van der Waals surface area (Å²) in [5, 5.41) is 2.63. The lowest BCUT2D eigenvalue weighted by Gasteiger charge is -2.32. The average molecular weight is 245 g/mol. The third kappa shape index (κ3) is 1.96. The van der Waals surface area contributed by atoms with Gasteiger partial charge < -0.3 is 9.31 Å². The van der Waals surface area contributed by atoms with Crippen LogP contribution in [0.25, 0.3) is 0 Å². The highest BCUT2D eigenvalue weighted by Gasteiger charge is 2.52. The molecular weight excluding hydrogens is 230 g/mol. The van der Waals surface area contributed by atoms with Gasteiger partial charge in [-0.1, -0.05) is 11.6 Å². The van der Waals surface area contributed by atoms with Crippen molar-refractivity contribution in [3.63, 3.8) is 0 Å². The van der Waals surface area contributed by atoms with Gasteiger partial charge in [0.15, 0.2) is 0 Å². The Morgan fingerprint density at radius 1 is 1.20 bits per heavy atom. The Balaban J connectivity index is 2.23. The zero-order valence-corrected chi connectivity index (χ0v) is 10.9. The van der Waals surface area contributed by atoms with Crippen LogP contribution in [0.1, 0.15) is 27.7 Å². The molecule has 2 nitrogen and oxygen atoms in total. The number of rotatable bonds is 1. The van der Waals surface area contributed by atoms with Crippen molar-refractivity contribution in [2.24, 2.45) is 0 Å². The van der Waals surface area contributed by atoms with Gasteiger partial charge in [0.1, 0.15) is 0 Å². The Labute approximate surface area is 99.7 Å². The molecule has 2 rings (SSSR count). The lowest BCUT2D eigenvalue weighted by molar-refractivity contribution is 0.00578. The average Bonchev–Trinajstić information content (AvgIpc) is 2.56. The second-order valence-electron chi connectivity index (χ2n) is 4.76. The third-order valence-corrected chi connectivity index (χ3v) is 4.38. The maximum atomic E-state index is 5.89. The van der Waals surface area contributed by atoms with Crippen LogP contribution in [0.15, 0.2) is 11.4 Å². The zero-order chi connectivity index (χ0) is 11.3. The number of halogens is 1. The predicted octanol–water partition coefficient (Wildman–Crippen LogP) is 2.70. The first kappa shape index (κ1) is 11.5. The summed E-state index contributed by atoms with van der Waals surface area (Å²) in [5.41, 5.74) is -0.567. The molecule has 0 aromatic carbocycles. The second-order valence-corrected chi connectivity index (χ2v) is 6.13. The predicted molar refractivity (Wildman–Crippen MR) is 65.0 cm³/mol. The van der Waals surface area contributed by atoms with Gasteiger partial charge in [0, 0.05) is 10.2 Å². The molecule has 1 fully saturated rings. The van der Waals surface area contributed by atoms with E-state index in [4.69, 9.17) is 20.9 Å². The standard InChI is InChI=1S/C10H14BClO2S/c1-9(2)10(3,4)14-11(13-9)8-5-7(12)6-15-8/h5-6H,1-4H3. The highest BCUT2D eigenvalue weighted by atomic mass is 35.5. The first-order chi connectivity index (χ1) is 6.82. The Morgan fingerprint density at radius 2 is 1.73 bits per heavy atom. The topological polar surface area (TPSA) is 18.5 Å². The fourth-order valence-corrected chi connectivity index (χ4v) is 2.45. The van der Waals surface area contributed by atoms with Crippen molar-refractivity contribution >= 4 is 34.8 Å². The lowest BCUT2D eigenvalue weighted by atomic mass is 9.88. The van der Waals surface area contributed by atoms with Crippen LogP contribution >= 0.6 is 22.9 Å². The number of thiophene rings is 1. The van der Waals surface area contributed by atoms with Gasteiger partial charge in [-0.05, 0) is 33.8 Å². The summed E-state index contributed by atoms with van der Waals surface area (Å²) in [6.45, 7) is 8.18. The molecule has 1 aromatic heterocycles. The fraction of sp³-hybridized carbons (Fsp3) is 0.600. The van der Waals surface area contributed by atoms with E-state index in [0.717, 1.165) is 9.80 Å². The third-order valence-electron chi connectivity index (χ3n) is 3.07. The molecule has 0 spiro atoms. The molecule has 0 N–H and O–H groups in total. The molecule has 0 amide bonds. The minimum absolute atomic E-state index is 0.284. The molecule has 1 aliphatic heterocycles. The van der Waals surface area contributed by atoms with Crippen LogP contribution in [0.2, 0.25) is 5.02 Å². The summed E-state index contributed by atoms with van der Waals surface area (Å²) in [5.74, 6) is 0. The molecule has 1 aromatic rings. The van der Waals surface area contributed by atoms with Gasteiger partial charge in [0.05, 0.1) is 16.2 Å². The van der Waals surface area contributed by atoms with Gasteiger partial charge in [0.25, 0.3) is 0 Å². The summed E-state index contributed by atoms with van der Waals surface area (Å²) in [4.78, 5) is 0. The molecule has 0 saturated carbocycles. The molecule has 1 saturated heterocycles. The van der Waals surface area contributed by atoms with Gasteiger partial charge >= 0.3 is 7.12 Å². The van der Waals surface area contributed by atoms with E-state index in [-0.39, 0.29) is 18.3 Å². The largest absolute Gasteiger partial charge is 0.505 e.